The Balaban J connectivity index is 2.06. The Hall–Kier alpha value is -1.75. The van der Waals surface area contributed by atoms with E-state index in [-0.39, 0.29) is 11.2 Å². The summed E-state index contributed by atoms with van der Waals surface area (Å²) in [5.74, 6) is 0.538. The van der Waals surface area contributed by atoms with Crippen LogP contribution in [0.3, 0.4) is 0 Å². The van der Waals surface area contributed by atoms with Crippen molar-refractivity contribution in [2.75, 3.05) is 5.32 Å². The highest BCUT2D eigenvalue weighted by Crippen LogP contribution is 2.27. The van der Waals surface area contributed by atoms with Gasteiger partial charge in [-0.3, -0.25) is 4.79 Å². The van der Waals surface area contributed by atoms with E-state index in [1.807, 2.05) is 26.0 Å². The van der Waals surface area contributed by atoms with Crippen LogP contribution in [0.15, 0.2) is 29.4 Å². The molecule has 0 spiro atoms. The van der Waals surface area contributed by atoms with Crippen LogP contribution in [0.1, 0.15) is 44.6 Å². The summed E-state index contributed by atoms with van der Waals surface area (Å²) in [4.78, 5) is 17.2. The first-order valence-corrected chi connectivity index (χ1v) is 9.80. The van der Waals surface area contributed by atoms with E-state index in [1.165, 1.54) is 23.0 Å². The molecule has 2 rings (SSSR count). The van der Waals surface area contributed by atoms with Crippen LogP contribution in [0, 0.1) is 19.8 Å². The number of nitrogens with one attached hydrogen (secondary N) is 1. The van der Waals surface area contributed by atoms with Gasteiger partial charge in [-0.25, -0.2) is 4.98 Å². The van der Waals surface area contributed by atoms with Gasteiger partial charge in [0.05, 0.1) is 10.9 Å². The minimum Gasteiger partial charge on any atom is -0.325 e. The number of nitrogens with zero attached hydrogens (tertiary/aromatic N) is 2. The fourth-order valence-electron chi connectivity index (χ4n) is 2.57. The molecule has 1 aromatic heterocycles. The van der Waals surface area contributed by atoms with Crippen LogP contribution in [-0.4, -0.2) is 20.7 Å². The van der Waals surface area contributed by atoms with Crippen LogP contribution in [0.4, 0.5) is 5.69 Å². The lowest BCUT2D eigenvalue weighted by Gasteiger charge is -2.15. The van der Waals surface area contributed by atoms with Crippen LogP contribution >= 0.6 is 11.8 Å². The molecule has 0 fully saturated rings. The molecule has 1 heterocycles. The number of hydrogen-bond acceptors (Lipinski definition) is 3. The molecule has 136 valence electrons. The molecule has 0 saturated carbocycles. The SMILES string of the molecule is CCc1ccc(NC(=O)[C@H](C)Sc2nc(C)c(C)n2CC(C)C)cc1. The predicted octanol–water partition coefficient (Wildman–Crippen LogP) is 4.84. The average Bonchev–Trinajstić information content (AvgIpc) is 2.82. The van der Waals surface area contributed by atoms with Gasteiger partial charge in [0.2, 0.25) is 5.91 Å². The molecule has 0 bridgehead atoms. The molecule has 1 amide bonds. The van der Waals surface area contributed by atoms with E-state index in [2.05, 4.69) is 54.7 Å². The third-order valence-corrected chi connectivity index (χ3v) is 5.34. The minimum absolute atomic E-state index is 0.00338. The number of aromatic nitrogens is 2. The van der Waals surface area contributed by atoms with Gasteiger partial charge in [0.25, 0.3) is 0 Å². The molecule has 5 heteroatoms. The van der Waals surface area contributed by atoms with Gasteiger partial charge in [0.15, 0.2) is 5.16 Å². The van der Waals surface area contributed by atoms with E-state index in [0.717, 1.165) is 29.5 Å². The highest BCUT2D eigenvalue weighted by atomic mass is 32.2. The number of carbonyl (C=O) groups is 1. The summed E-state index contributed by atoms with van der Waals surface area (Å²) in [6, 6.07) is 8.02. The van der Waals surface area contributed by atoms with Crippen molar-refractivity contribution in [2.45, 2.75) is 64.9 Å². The van der Waals surface area contributed by atoms with E-state index in [9.17, 15) is 4.79 Å². The van der Waals surface area contributed by atoms with Crippen molar-refractivity contribution in [3.05, 3.63) is 41.2 Å². The van der Waals surface area contributed by atoms with Crippen LogP contribution in [0.5, 0.6) is 0 Å². The molecule has 0 saturated heterocycles. The first-order valence-electron chi connectivity index (χ1n) is 8.92. The number of amides is 1. The van der Waals surface area contributed by atoms with E-state index < -0.39 is 0 Å². The van der Waals surface area contributed by atoms with Crippen LogP contribution in [0.25, 0.3) is 0 Å². The molecule has 1 N–H and O–H groups in total. The normalized spacial score (nSPS) is 12.4. The molecule has 0 radical (unpaired) electrons. The second-order valence-corrected chi connectivity index (χ2v) is 8.18. The Kier molecular flexibility index (Phi) is 6.71. The number of imidazole rings is 1. The summed E-state index contributed by atoms with van der Waals surface area (Å²) in [6.07, 6.45) is 0.998. The van der Waals surface area contributed by atoms with Gasteiger partial charge in [-0.05, 0) is 50.8 Å². The van der Waals surface area contributed by atoms with Gasteiger partial charge in [-0.2, -0.15) is 0 Å². The molecule has 0 aliphatic heterocycles. The maximum Gasteiger partial charge on any atom is 0.237 e. The Morgan fingerprint density at radius 2 is 1.84 bits per heavy atom. The maximum atomic E-state index is 12.5. The first kappa shape index (κ1) is 19.6. The number of aryl methyl sites for hydroxylation is 2. The van der Waals surface area contributed by atoms with Crippen molar-refractivity contribution in [3.63, 3.8) is 0 Å². The predicted molar refractivity (Wildman–Crippen MR) is 106 cm³/mol. The molecule has 0 aliphatic rings. The molecule has 25 heavy (non-hydrogen) atoms. The molecule has 0 aliphatic carbocycles. The fraction of sp³-hybridized carbons (Fsp3) is 0.500. The summed E-state index contributed by atoms with van der Waals surface area (Å²) < 4.78 is 2.23. The highest BCUT2D eigenvalue weighted by molar-refractivity contribution is 8.00. The van der Waals surface area contributed by atoms with Crippen molar-refractivity contribution in [1.29, 1.82) is 0 Å². The fourth-order valence-corrected chi connectivity index (χ4v) is 3.58. The van der Waals surface area contributed by atoms with E-state index in [0.29, 0.717) is 5.92 Å². The Morgan fingerprint density at radius 3 is 2.40 bits per heavy atom. The zero-order valence-electron chi connectivity index (χ0n) is 16.1. The van der Waals surface area contributed by atoms with E-state index >= 15 is 0 Å². The van der Waals surface area contributed by atoms with Gasteiger partial charge < -0.3 is 9.88 Å². The summed E-state index contributed by atoms with van der Waals surface area (Å²) in [7, 11) is 0. The lowest BCUT2D eigenvalue weighted by molar-refractivity contribution is -0.115. The Bertz CT molecular complexity index is 719. The van der Waals surface area contributed by atoms with Gasteiger partial charge in [0, 0.05) is 17.9 Å². The van der Waals surface area contributed by atoms with Gasteiger partial charge in [-0.1, -0.05) is 44.7 Å². The van der Waals surface area contributed by atoms with Crippen LogP contribution < -0.4 is 5.32 Å². The Morgan fingerprint density at radius 1 is 1.20 bits per heavy atom. The summed E-state index contributed by atoms with van der Waals surface area (Å²) in [5.41, 5.74) is 4.32. The van der Waals surface area contributed by atoms with Crippen LogP contribution in [0.2, 0.25) is 0 Å². The Labute approximate surface area is 155 Å². The quantitative estimate of drug-likeness (QED) is 0.720. The van der Waals surface area contributed by atoms with Crippen molar-refractivity contribution in [1.82, 2.24) is 9.55 Å². The first-order chi connectivity index (χ1) is 11.8. The largest absolute Gasteiger partial charge is 0.325 e. The number of hydrogen-bond donors (Lipinski definition) is 1. The van der Waals surface area contributed by atoms with Crippen LogP contribution in [-0.2, 0) is 17.8 Å². The second kappa shape index (κ2) is 8.56. The zero-order valence-corrected chi connectivity index (χ0v) is 16.9. The topological polar surface area (TPSA) is 46.9 Å². The standard InChI is InChI=1S/C20H29N3OS/c1-7-17-8-10-18(11-9-17)22-19(24)16(6)25-20-21-14(4)15(5)23(20)12-13(2)3/h8-11,13,16H,7,12H2,1-6H3,(H,22,24)/t16-/m0/s1. The number of carbonyl (C=O) groups excluding carboxylic acids is 1. The molecule has 1 aromatic carbocycles. The molecule has 0 unspecified atom stereocenters. The van der Waals surface area contributed by atoms with Gasteiger partial charge >= 0.3 is 0 Å². The van der Waals surface area contributed by atoms with Crippen molar-refractivity contribution in [2.24, 2.45) is 5.92 Å². The van der Waals surface area contributed by atoms with Crippen molar-refractivity contribution >= 4 is 23.4 Å². The summed E-state index contributed by atoms with van der Waals surface area (Å²) in [6.45, 7) is 13.5. The highest BCUT2D eigenvalue weighted by Gasteiger charge is 2.20. The lowest BCUT2D eigenvalue weighted by atomic mass is 10.1. The van der Waals surface area contributed by atoms with Crippen molar-refractivity contribution in [3.8, 4) is 0 Å². The summed E-state index contributed by atoms with van der Waals surface area (Å²) >= 11 is 1.52. The minimum atomic E-state index is -0.210. The van der Waals surface area contributed by atoms with Gasteiger partial charge in [-0.15, -0.1) is 0 Å². The average molecular weight is 360 g/mol. The number of rotatable bonds is 7. The third kappa shape index (κ3) is 5.11. The van der Waals surface area contributed by atoms with E-state index in [1.54, 1.807) is 0 Å². The maximum absolute atomic E-state index is 12.5. The second-order valence-electron chi connectivity index (χ2n) is 6.87. The molecule has 1 atom stereocenters. The number of benzene rings is 1. The zero-order chi connectivity index (χ0) is 18.6. The molecular formula is C20H29N3OS. The monoisotopic (exact) mass is 359 g/mol. The molecular weight excluding hydrogens is 330 g/mol. The third-order valence-electron chi connectivity index (χ3n) is 4.25. The molecule has 2 aromatic rings. The van der Waals surface area contributed by atoms with Crippen molar-refractivity contribution < 1.29 is 4.79 Å². The molecule has 4 nitrogen and oxygen atoms in total. The van der Waals surface area contributed by atoms with Gasteiger partial charge in [0.1, 0.15) is 0 Å². The lowest BCUT2D eigenvalue weighted by Crippen LogP contribution is -2.23. The van der Waals surface area contributed by atoms with E-state index in [4.69, 9.17) is 0 Å². The summed E-state index contributed by atoms with van der Waals surface area (Å²) in [5, 5.41) is 3.71. The smallest absolute Gasteiger partial charge is 0.237 e. The number of thioether (sulfide) groups is 1. The number of anilines is 1.